The highest BCUT2D eigenvalue weighted by atomic mass is 16.5. The van der Waals surface area contributed by atoms with E-state index in [0.717, 1.165) is 0 Å². The van der Waals surface area contributed by atoms with Gasteiger partial charge < -0.3 is 19.0 Å². The number of carbonyl (C=O) groups is 1. The number of fused-ring (bicyclic) bond motifs is 1. The largest absolute Gasteiger partial charge is 0.493 e. The number of ether oxygens (including phenoxy) is 2. The van der Waals surface area contributed by atoms with E-state index in [0.29, 0.717) is 33.6 Å². The number of hydrogen-bond donors (Lipinski definition) is 1. The molecule has 0 radical (unpaired) electrons. The van der Waals surface area contributed by atoms with Crippen LogP contribution in [0.4, 0.5) is 0 Å². The van der Waals surface area contributed by atoms with Crippen LogP contribution < -0.4 is 15.1 Å². The lowest BCUT2D eigenvalue weighted by Crippen LogP contribution is -2.12. The Morgan fingerprint density at radius 1 is 1.29 bits per heavy atom. The molecule has 21 heavy (non-hydrogen) atoms. The Labute approximate surface area is 120 Å². The average molecular weight is 292 g/mol. The van der Waals surface area contributed by atoms with Crippen LogP contribution in [0.2, 0.25) is 0 Å². The van der Waals surface area contributed by atoms with Crippen molar-refractivity contribution in [2.75, 3.05) is 14.2 Å². The van der Waals surface area contributed by atoms with Gasteiger partial charge in [0.15, 0.2) is 11.3 Å². The van der Waals surface area contributed by atoms with Gasteiger partial charge in [0.25, 0.3) is 0 Å². The number of carboxylic acid groups (broad SMARTS) is 1. The van der Waals surface area contributed by atoms with Crippen LogP contribution in [0.5, 0.6) is 11.5 Å². The first-order valence-electron chi connectivity index (χ1n) is 6.38. The zero-order valence-corrected chi connectivity index (χ0v) is 12.1. The predicted octanol–water partition coefficient (Wildman–Crippen LogP) is 2.14. The van der Waals surface area contributed by atoms with Gasteiger partial charge in [0.2, 0.25) is 5.75 Å². The van der Waals surface area contributed by atoms with Gasteiger partial charge in [0, 0.05) is 17.4 Å². The molecule has 1 aromatic heterocycles. The van der Waals surface area contributed by atoms with Gasteiger partial charge in [0.05, 0.1) is 14.2 Å². The molecule has 0 aliphatic rings. The molecular weight excluding hydrogens is 276 g/mol. The molecular formula is C15H16O6. The van der Waals surface area contributed by atoms with Crippen LogP contribution in [0, 0.1) is 6.92 Å². The molecule has 0 spiro atoms. The van der Waals surface area contributed by atoms with Crippen LogP contribution in [0.1, 0.15) is 17.5 Å². The van der Waals surface area contributed by atoms with Crippen LogP contribution in [-0.2, 0) is 11.2 Å². The Morgan fingerprint density at radius 3 is 2.57 bits per heavy atom. The minimum Gasteiger partial charge on any atom is -0.493 e. The molecule has 2 rings (SSSR count). The van der Waals surface area contributed by atoms with Gasteiger partial charge in [-0.25, -0.2) is 4.79 Å². The maximum absolute atomic E-state index is 12.1. The molecule has 6 nitrogen and oxygen atoms in total. The highest BCUT2D eigenvalue weighted by Gasteiger charge is 2.18. The van der Waals surface area contributed by atoms with E-state index in [1.54, 1.807) is 19.1 Å². The predicted molar refractivity (Wildman–Crippen MR) is 76.3 cm³/mol. The summed E-state index contributed by atoms with van der Waals surface area (Å²) in [6, 6.07) is 3.48. The molecule has 1 heterocycles. The van der Waals surface area contributed by atoms with Crippen molar-refractivity contribution in [3.05, 3.63) is 33.7 Å². The summed E-state index contributed by atoms with van der Waals surface area (Å²) in [5.74, 6) is -0.146. The fraction of sp³-hybridized carbons (Fsp3) is 0.333. The molecule has 0 fully saturated rings. The fourth-order valence-corrected chi connectivity index (χ4v) is 2.29. The molecule has 0 saturated carbocycles. The lowest BCUT2D eigenvalue weighted by molar-refractivity contribution is -0.136. The molecule has 0 bridgehead atoms. The molecule has 0 unspecified atom stereocenters. The minimum atomic E-state index is -0.957. The molecule has 0 aliphatic heterocycles. The van der Waals surface area contributed by atoms with Crippen molar-refractivity contribution < 1.29 is 23.8 Å². The summed E-state index contributed by atoms with van der Waals surface area (Å²) in [5.41, 5.74) is 0.826. The summed E-state index contributed by atoms with van der Waals surface area (Å²) in [5, 5.41) is 9.45. The fourth-order valence-electron chi connectivity index (χ4n) is 2.29. The van der Waals surface area contributed by atoms with Crippen LogP contribution in [0.3, 0.4) is 0 Å². The second kappa shape index (κ2) is 5.87. The van der Waals surface area contributed by atoms with Gasteiger partial charge in [-0.05, 0) is 31.0 Å². The molecule has 112 valence electrons. The van der Waals surface area contributed by atoms with E-state index in [-0.39, 0.29) is 12.8 Å². The summed E-state index contributed by atoms with van der Waals surface area (Å²) < 4.78 is 15.7. The maximum Gasteiger partial charge on any atom is 0.339 e. The molecule has 0 amide bonds. The second-order valence-electron chi connectivity index (χ2n) is 4.56. The van der Waals surface area contributed by atoms with Gasteiger partial charge in [-0.3, -0.25) is 4.79 Å². The van der Waals surface area contributed by atoms with Gasteiger partial charge in [0.1, 0.15) is 0 Å². The molecule has 6 heteroatoms. The van der Waals surface area contributed by atoms with E-state index >= 15 is 0 Å². The van der Waals surface area contributed by atoms with Crippen molar-refractivity contribution in [1.82, 2.24) is 0 Å². The number of hydrogen-bond acceptors (Lipinski definition) is 5. The molecule has 0 aliphatic carbocycles. The SMILES string of the molecule is COc1ccc2c(C)c(CCC(=O)O)c(=O)oc2c1OC. The van der Waals surface area contributed by atoms with E-state index in [2.05, 4.69) is 0 Å². The van der Waals surface area contributed by atoms with Crippen molar-refractivity contribution in [3.63, 3.8) is 0 Å². The molecule has 1 N–H and O–H groups in total. The summed E-state index contributed by atoms with van der Waals surface area (Å²) >= 11 is 0. The van der Waals surface area contributed by atoms with Crippen molar-refractivity contribution in [3.8, 4) is 11.5 Å². The Bertz CT molecular complexity index is 744. The Balaban J connectivity index is 2.68. The topological polar surface area (TPSA) is 86.0 Å². The first-order valence-corrected chi connectivity index (χ1v) is 6.38. The number of carboxylic acids is 1. The number of rotatable bonds is 5. The first kappa shape index (κ1) is 14.9. The van der Waals surface area contributed by atoms with E-state index in [1.165, 1.54) is 14.2 Å². The van der Waals surface area contributed by atoms with Gasteiger partial charge in [-0.1, -0.05) is 0 Å². The lowest BCUT2D eigenvalue weighted by Gasteiger charge is -2.12. The van der Waals surface area contributed by atoms with Gasteiger partial charge in [-0.2, -0.15) is 0 Å². The summed E-state index contributed by atoms with van der Waals surface area (Å²) in [7, 11) is 2.96. The number of methoxy groups -OCH3 is 2. The van der Waals surface area contributed by atoms with E-state index in [9.17, 15) is 9.59 Å². The summed E-state index contributed by atoms with van der Waals surface area (Å²) in [4.78, 5) is 22.8. The molecule has 1 aromatic carbocycles. The lowest BCUT2D eigenvalue weighted by atomic mass is 10.0. The van der Waals surface area contributed by atoms with Crippen LogP contribution in [-0.4, -0.2) is 25.3 Å². The molecule has 0 saturated heterocycles. The highest BCUT2D eigenvalue weighted by Crippen LogP contribution is 2.36. The zero-order chi connectivity index (χ0) is 15.6. The Hall–Kier alpha value is -2.50. The minimum absolute atomic E-state index is 0.121. The summed E-state index contributed by atoms with van der Waals surface area (Å²) in [6.45, 7) is 1.77. The normalized spacial score (nSPS) is 10.6. The van der Waals surface area contributed by atoms with E-state index < -0.39 is 11.6 Å². The first-order chi connectivity index (χ1) is 9.99. The smallest absolute Gasteiger partial charge is 0.339 e. The van der Waals surface area contributed by atoms with Crippen molar-refractivity contribution in [1.29, 1.82) is 0 Å². The summed E-state index contributed by atoms with van der Waals surface area (Å²) in [6.07, 6.45) is 0.0121. The number of aliphatic carboxylic acids is 1. The quantitative estimate of drug-likeness (QED) is 0.850. The average Bonchev–Trinajstić information content (AvgIpc) is 2.45. The monoisotopic (exact) mass is 292 g/mol. The Morgan fingerprint density at radius 2 is 2.00 bits per heavy atom. The third kappa shape index (κ3) is 2.69. The third-order valence-electron chi connectivity index (χ3n) is 3.39. The zero-order valence-electron chi connectivity index (χ0n) is 12.1. The van der Waals surface area contributed by atoms with Crippen molar-refractivity contribution in [2.24, 2.45) is 0 Å². The number of aryl methyl sites for hydroxylation is 1. The standard InChI is InChI=1S/C15H16O6/c1-8-9-4-6-11(19-2)14(20-3)13(9)21-15(18)10(8)5-7-12(16)17/h4,6H,5,7H2,1-3H3,(H,16,17). The van der Waals surface area contributed by atoms with Gasteiger partial charge >= 0.3 is 11.6 Å². The third-order valence-corrected chi connectivity index (χ3v) is 3.39. The second-order valence-corrected chi connectivity index (χ2v) is 4.56. The van der Waals surface area contributed by atoms with E-state index in [1.807, 2.05) is 0 Å². The molecule has 0 atom stereocenters. The van der Waals surface area contributed by atoms with Crippen LogP contribution in [0.15, 0.2) is 21.3 Å². The highest BCUT2D eigenvalue weighted by molar-refractivity contribution is 5.88. The van der Waals surface area contributed by atoms with E-state index in [4.69, 9.17) is 19.0 Å². The van der Waals surface area contributed by atoms with Crippen molar-refractivity contribution >= 4 is 16.9 Å². The van der Waals surface area contributed by atoms with Gasteiger partial charge in [-0.15, -0.1) is 0 Å². The van der Waals surface area contributed by atoms with Crippen LogP contribution in [0.25, 0.3) is 11.0 Å². The van der Waals surface area contributed by atoms with Crippen molar-refractivity contribution in [2.45, 2.75) is 19.8 Å². The maximum atomic E-state index is 12.1. The van der Waals surface area contributed by atoms with Crippen LogP contribution >= 0.6 is 0 Å². The molecule has 2 aromatic rings. The Kier molecular flexibility index (Phi) is 4.16. The number of benzene rings is 1.